The molecule has 0 radical (unpaired) electrons. The third-order valence-corrected chi connectivity index (χ3v) is 4.97. The summed E-state index contributed by atoms with van der Waals surface area (Å²) in [6.45, 7) is 3.08. The topological polar surface area (TPSA) is 62.3 Å². The van der Waals surface area contributed by atoms with Crippen LogP contribution in [0, 0.1) is 12.8 Å². The lowest BCUT2D eigenvalue weighted by atomic mass is 9.97. The lowest BCUT2D eigenvalue weighted by molar-refractivity contribution is -0.130. The molecule has 6 heteroatoms. The van der Waals surface area contributed by atoms with Crippen LogP contribution in [0.1, 0.15) is 23.5 Å². The number of nitrogens with one attached hydrogen (secondary N) is 1. The van der Waals surface area contributed by atoms with Crippen molar-refractivity contribution in [2.24, 2.45) is 5.92 Å². The Morgan fingerprint density at radius 2 is 2.12 bits per heavy atom. The summed E-state index contributed by atoms with van der Waals surface area (Å²) in [5.41, 5.74) is 1.58. The van der Waals surface area contributed by atoms with Gasteiger partial charge < -0.3 is 10.2 Å². The predicted octanol–water partition coefficient (Wildman–Crippen LogP) is 3.34. The van der Waals surface area contributed by atoms with Crippen LogP contribution in [0.15, 0.2) is 41.8 Å². The van der Waals surface area contributed by atoms with Gasteiger partial charge in [0.05, 0.1) is 16.6 Å². The molecule has 0 aliphatic carbocycles. The van der Waals surface area contributed by atoms with Gasteiger partial charge in [-0.25, -0.2) is 4.98 Å². The summed E-state index contributed by atoms with van der Waals surface area (Å²) >= 11 is 1.56. The molecule has 3 rings (SSSR count). The van der Waals surface area contributed by atoms with Crippen LogP contribution in [0.4, 0.5) is 5.69 Å². The molecule has 0 spiro atoms. The second-order valence-electron chi connectivity index (χ2n) is 6.10. The Kier molecular flexibility index (Phi) is 5.60. The number of anilines is 1. The number of benzene rings is 1. The maximum Gasteiger partial charge on any atom is 0.246 e. The van der Waals surface area contributed by atoms with Crippen LogP contribution < -0.4 is 5.32 Å². The summed E-state index contributed by atoms with van der Waals surface area (Å²) in [4.78, 5) is 30.9. The zero-order valence-electron chi connectivity index (χ0n) is 14.1. The van der Waals surface area contributed by atoms with Gasteiger partial charge in [-0.2, -0.15) is 0 Å². The zero-order valence-corrected chi connectivity index (χ0v) is 15.0. The van der Waals surface area contributed by atoms with Crippen LogP contribution in [0.2, 0.25) is 0 Å². The third kappa shape index (κ3) is 4.76. The second kappa shape index (κ2) is 8.07. The van der Waals surface area contributed by atoms with Crippen LogP contribution >= 0.6 is 11.3 Å². The van der Waals surface area contributed by atoms with Crippen LogP contribution in [-0.4, -0.2) is 34.8 Å². The van der Waals surface area contributed by atoms with Crippen molar-refractivity contribution >= 4 is 34.9 Å². The summed E-state index contributed by atoms with van der Waals surface area (Å²) in [5, 5.41) is 5.82. The smallest absolute Gasteiger partial charge is 0.246 e. The molecule has 2 amide bonds. The molecule has 1 aromatic heterocycles. The Balaban J connectivity index is 1.57. The van der Waals surface area contributed by atoms with Crippen LogP contribution in [-0.2, 0) is 9.59 Å². The molecule has 5 nitrogen and oxygen atoms in total. The fraction of sp³-hybridized carbons (Fsp3) is 0.316. The molecule has 25 heavy (non-hydrogen) atoms. The first-order valence-corrected chi connectivity index (χ1v) is 9.25. The van der Waals surface area contributed by atoms with E-state index in [9.17, 15) is 9.59 Å². The SMILES string of the molecule is Cc1nc(/C=C/C(=O)N2CCCC(C(=O)Nc3ccccc3)C2)cs1. The minimum atomic E-state index is -0.173. The monoisotopic (exact) mass is 355 g/mol. The number of nitrogens with zero attached hydrogens (tertiary/aromatic N) is 2. The molecule has 130 valence electrons. The van der Waals surface area contributed by atoms with Gasteiger partial charge in [0.1, 0.15) is 0 Å². The van der Waals surface area contributed by atoms with Gasteiger partial charge in [-0.3, -0.25) is 9.59 Å². The van der Waals surface area contributed by atoms with Crippen LogP contribution in [0.25, 0.3) is 6.08 Å². The lowest BCUT2D eigenvalue weighted by Gasteiger charge is -2.31. The van der Waals surface area contributed by atoms with Gasteiger partial charge in [0, 0.05) is 30.2 Å². The third-order valence-electron chi connectivity index (χ3n) is 4.18. The van der Waals surface area contributed by atoms with Gasteiger partial charge in [0.2, 0.25) is 11.8 Å². The van der Waals surface area contributed by atoms with Crippen molar-refractivity contribution in [2.45, 2.75) is 19.8 Å². The van der Waals surface area contributed by atoms with Crippen LogP contribution in [0.3, 0.4) is 0 Å². The van der Waals surface area contributed by atoms with E-state index in [-0.39, 0.29) is 17.7 Å². The average molecular weight is 355 g/mol. The molecule has 1 atom stereocenters. The molecule has 1 aromatic carbocycles. The number of carbonyl (C=O) groups excluding carboxylic acids is 2. The molecule has 1 aliphatic rings. The largest absolute Gasteiger partial charge is 0.338 e. The molecule has 1 aliphatic heterocycles. The van der Waals surface area contributed by atoms with Crippen molar-refractivity contribution in [3.63, 3.8) is 0 Å². The van der Waals surface area contributed by atoms with Crippen molar-refractivity contribution < 1.29 is 9.59 Å². The standard InChI is InChI=1S/C19H21N3O2S/c1-14-20-17(13-25-14)9-10-18(23)22-11-5-6-15(12-22)19(24)21-16-7-3-2-4-8-16/h2-4,7-10,13,15H,5-6,11-12H2,1H3,(H,21,24)/b10-9+. The fourth-order valence-electron chi connectivity index (χ4n) is 2.88. The molecular formula is C19H21N3O2S. The van der Waals surface area contributed by atoms with Crippen molar-refractivity contribution in [3.8, 4) is 0 Å². The number of thiazole rings is 1. The Morgan fingerprint density at radius 1 is 1.32 bits per heavy atom. The van der Waals surface area contributed by atoms with Gasteiger partial charge in [-0.1, -0.05) is 18.2 Å². The molecule has 2 aromatic rings. The van der Waals surface area contributed by atoms with Crippen molar-refractivity contribution in [3.05, 3.63) is 52.5 Å². The van der Waals surface area contributed by atoms with Crippen molar-refractivity contribution in [2.75, 3.05) is 18.4 Å². The highest BCUT2D eigenvalue weighted by atomic mass is 32.1. The van der Waals surface area contributed by atoms with Gasteiger partial charge >= 0.3 is 0 Å². The van der Waals surface area contributed by atoms with Gasteiger partial charge in [0.25, 0.3) is 0 Å². The molecule has 1 N–H and O–H groups in total. The summed E-state index contributed by atoms with van der Waals surface area (Å²) in [6, 6.07) is 9.41. The normalized spacial score (nSPS) is 17.6. The Morgan fingerprint density at radius 3 is 2.84 bits per heavy atom. The number of para-hydroxylation sites is 1. The van der Waals surface area contributed by atoms with Gasteiger partial charge in [-0.15, -0.1) is 11.3 Å². The number of likely N-dealkylation sites (tertiary alicyclic amines) is 1. The van der Waals surface area contributed by atoms with E-state index in [1.54, 1.807) is 28.4 Å². The Bertz CT molecular complexity index is 770. The molecule has 0 saturated carbocycles. The number of piperidine rings is 1. The highest BCUT2D eigenvalue weighted by Gasteiger charge is 2.27. The Hall–Kier alpha value is -2.47. The molecular weight excluding hydrogens is 334 g/mol. The molecule has 2 heterocycles. The second-order valence-corrected chi connectivity index (χ2v) is 7.17. The molecule has 1 saturated heterocycles. The molecule has 1 fully saturated rings. The first kappa shape index (κ1) is 17.4. The van der Waals surface area contributed by atoms with E-state index in [4.69, 9.17) is 0 Å². The summed E-state index contributed by atoms with van der Waals surface area (Å²) in [6.07, 6.45) is 4.92. The zero-order chi connectivity index (χ0) is 17.6. The minimum Gasteiger partial charge on any atom is -0.338 e. The van der Waals surface area contributed by atoms with E-state index in [2.05, 4.69) is 10.3 Å². The van der Waals surface area contributed by atoms with Gasteiger partial charge in [0.15, 0.2) is 0 Å². The Labute approximate surface area is 151 Å². The van der Waals surface area contributed by atoms with Crippen molar-refractivity contribution in [1.82, 2.24) is 9.88 Å². The van der Waals surface area contributed by atoms with E-state index in [1.165, 1.54) is 0 Å². The lowest BCUT2D eigenvalue weighted by Crippen LogP contribution is -2.43. The van der Waals surface area contributed by atoms with E-state index in [0.717, 1.165) is 29.2 Å². The first-order valence-electron chi connectivity index (χ1n) is 8.37. The molecule has 1 unspecified atom stereocenters. The maximum atomic E-state index is 12.4. The quantitative estimate of drug-likeness (QED) is 0.856. The average Bonchev–Trinajstić information content (AvgIpc) is 3.06. The summed E-state index contributed by atoms with van der Waals surface area (Å²) in [5.74, 6) is -0.265. The number of rotatable bonds is 4. The number of amides is 2. The number of carbonyl (C=O) groups is 2. The van der Waals surface area contributed by atoms with E-state index in [1.807, 2.05) is 42.6 Å². The highest BCUT2D eigenvalue weighted by Crippen LogP contribution is 2.19. The van der Waals surface area contributed by atoms with Crippen LogP contribution in [0.5, 0.6) is 0 Å². The van der Waals surface area contributed by atoms with E-state index in [0.29, 0.717) is 13.1 Å². The van der Waals surface area contributed by atoms with E-state index < -0.39 is 0 Å². The molecule has 0 bridgehead atoms. The van der Waals surface area contributed by atoms with Gasteiger partial charge in [-0.05, 0) is 38.0 Å². The number of hydrogen-bond donors (Lipinski definition) is 1. The minimum absolute atomic E-state index is 0.0252. The highest BCUT2D eigenvalue weighted by molar-refractivity contribution is 7.09. The predicted molar refractivity (Wildman–Crippen MR) is 100 cm³/mol. The van der Waals surface area contributed by atoms with E-state index >= 15 is 0 Å². The maximum absolute atomic E-state index is 12.4. The van der Waals surface area contributed by atoms with Crippen molar-refractivity contribution in [1.29, 1.82) is 0 Å². The first-order chi connectivity index (χ1) is 12.1. The fourth-order valence-corrected chi connectivity index (χ4v) is 3.46. The summed E-state index contributed by atoms with van der Waals surface area (Å²) in [7, 11) is 0. The number of aromatic nitrogens is 1. The number of aryl methyl sites for hydroxylation is 1. The number of hydrogen-bond acceptors (Lipinski definition) is 4. The summed E-state index contributed by atoms with van der Waals surface area (Å²) < 4.78 is 0.